The Hall–Kier alpha value is -0.900. The van der Waals surface area contributed by atoms with Crippen molar-refractivity contribution in [2.45, 2.75) is 6.92 Å². The van der Waals surface area contributed by atoms with Crippen molar-refractivity contribution in [1.29, 1.82) is 0 Å². The van der Waals surface area contributed by atoms with Gasteiger partial charge in [0.1, 0.15) is 5.82 Å². The molecule has 4 heteroatoms. The molecule has 1 aromatic rings. The lowest BCUT2D eigenvalue weighted by Crippen LogP contribution is -2.03. The molecular weight excluding hydrogens is 235 g/mol. The van der Waals surface area contributed by atoms with Gasteiger partial charge in [0.05, 0.1) is 5.69 Å². The van der Waals surface area contributed by atoms with E-state index in [1.54, 1.807) is 20.0 Å². The Balaban J connectivity index is 3.37. The highest BCUT2D eigenvalue weighted by molar-refractivity contribution is 9.10. The van der Waals surface area contributed by atoms with E-state index in [9.17, 15) is 4.39 Å². The van der Waals surface area contributed by atoms with Crippen molar-refractivity contribution in [3.63, 3.8) is 0 Å². The van der Waals surface area contributed by atoms with E-state index in [1.807, 2.05) is 0 Å². The lowest BCUT2D eigenvalue weighted by atomic mass is 10.1. The monoisotopic (exact) mass is 244 g/mol. The molecule has 1 rings (SSSR count). The van der Waals surface area contributed by atoms with Gasteiger partial charge in [-0.15, -0.1) is 0 Å². The minimum Gasteiger partial charge on any atom is -0.396 e. The molecule has 0 fully saturated rings. The zero-order valence-corrected chi connectivity index (χ0v) is 9.02. The van der Waals surface area contributed by atoms with Crippen molar-refractivity contribution in [1.82, 2.24) is 0 Å². The molecule has 2 N–H and O–H groups in total. The molecule has 0 aliphatic rings. The maximum Gasteiger partial charge on any atom is 0.147 e. The van der Waals surface area contributed by atoms with E-state index < -0.39 is 5.82 Å². The zero-order chi connectivity index (χ0) is 10.0. The van der Waals surface area contributed by atoms with Crippen LogP contribution in [0.3, 0.4) is 0 Å². The number of nitrogen functional groups attached to an aromatic ring is 1. The smallest absolute Gasteiger partial charge is 0.147 e. The molecule has 0 unspecified atom stereocenters. The van der Waals surface area contributed by atoms with Crippen molar-refractivity contribution < 1.29 is 4.39 Å². The van der Waals surface area contributed by atoms with Crippen LogP contribution in [0, 0.1) is 5.82 Å². The van der Waals surface area contributed by atoms with Crippen LogP contribution in [-0.2, 0) is 0 Å². The van der Waals surface area contributed by atoms with E-state index in [0.717, 1.165) is 5.71 Å². The van der Waals surface area contributed by atoms with E-state index in [4.69, 9.17) is 5.73 Å². The maximum absolute atomic E-state index is 13.1. The number of anilines is 1. The number of nitrogens with two attached hydrogens (primary N) is 1. The Morgan fingerprint density at radius 2 is 2.15 bits per heavy atom. The summed E-state index contributed by atoms with van der Waals surface area (Å²) in [5, 5.41) is 0. The van der Waals surface area contributed by atoms with Crippen LogP contribution in [-0.4, -0.2) is 12.8 Å². The number of hydrogen-bond donors (Lipinski definition) is 1. The Morgan fingerprint density at radius 3 is 2.69 bits per heavy atom. The van der Waals surface area contributed by atoms with Gasteiger partial charge in [-0.05, 0) is 19.1 Å². The lowest BCUT2D eigenvalue weighted by molar-refractivity contribution is 0.631. The summed E-state index contributed by atoms with van der Waals surface area (Å²) in [5.74, 6) is -0.424. The summed E-state index contributed by atoms with van der Waals surface area (Å²) in [4.78, 5) is 3.95. The summed E-state index contributed by atoms with van der Waals surface area (Å²) in [6.45, 7) is 1.79. The SMILES string of the molecule is CN=C(C)c1cc(Br)cc(F)c1N. The molecule has 0 spiro atoms. The fourth-order valence-electron chi connectivity index (χ4n) is 1.00. The summed E-state index contributed by atoms with van der Waals surface area (Å²) in [7, 11) is 1.65. The quantitative estimate of drug-likeness (QED) is 0.599. The number of halogens is 2. The van der Waals surface area contributed by atoms with Crippen LogP contribution < -0.4 is 5.73 Å². The van der Waals surface area contributed by atoms with Crippen molar-refractivity contribution in [2.24, 2.45) is 4.99 Å². The average Bonchev–Trinajstić information content (AvgIpc) is 2.10. The second-order valence-electron chi connectivity index (χ2n) is 2.66. The van der Waals surface area contributed by atoms with Gasteiger partial charge < -0.3 is 5.73 Å². The van der Waals surface area contributed by atoms with E-state index in [0.29, 0.717) is 10.0 Å². The second kappa shape index (κ2) is 3.87. The van der Waals surface area contributed by atoms with Crippen LogP contribution in [0.15, 0.2) is 21.6 Å². The summed E-state index contributed by atoms with van der Waals surface area (Å²) >= 11 is 3.19. The van der Waals surface area contributed by atoms with Gasteiger partial charge in [0.25, 0.3) is 0 Å². The number of aliphatic imine (C=N–C) groups is 1. The molecule has 0 amide bonds. The van der Waals surface area contributed by atoms with E-state index in [-0.39, 0.29) is 5.69 Å². The number of benzene rings is 1. The standard InChI is InChI=1S/C9H10BrFN2/c1-5(13-2)7-3-6(10)4-8(11)9(7)12/h3-4H,12H2,1-2H3. The van der Waals surface area contributed by atoms with Crippen LogP contribution >= 0.6 is 15.9 Å². The molecule has 2 nitrogen and oxygen atoms in total. The Labute approximate surface area is 84.8 Å². The molecule has 0 atom stereocenters. The first-order valence-electron chi connectivity index (χ1n) is 3.74. The van der Waals surface area contributed by atoms with Gasteiger partial charge in [0.2, 0.25) is 0 Å². The molecular formula is C9H10BrFN2. The number of nitrogens with zero attached hydrogens (tertiary/aromatic N) is 1. The lowest BCUT2D eigenvalue weighted by Gasteiger charge is -2.06. The second-order valence-corrected chi connectivity index (χ2v) is 3.57. The molecule has 0 saturated heterocycles. The van der Waals surface area contributed by atoms with Crippen molar-refractivity contribution in [3.8, 4) is 0 Å². The molecule has 0 bridgehead atoms. The summed E-state index contributed by atoms with van der Waals surface area (Å²) in [6.07, 6.45) is 0. The Bertz CT molecular complexity index is 361. The average molecular weight is 245 g/mol. The summed E-state index contributed by atoms with van der Waals surface area (Å²) < 4.78 is 13.8. The molecule has 13 heavy (non-hydrogen) atoms. The van der Waals surface area contributed by atoms with Crippen molar-refractivity contribution in [2.75, 3.05) is 12.8 Å². The number of hydrogen-bond acceptors (Lipinski definition) is 2. The van der Waals surface area contributed by atoms with Gasteiger partial charge in [-0.1, -0.05) is 15.9 Å². The van der Waals surface area contributed by atoms with Gasteiger partial charge in [-0.25, -0.2) is 4.39 Å². The molecule has 0 radical (unpaired) electrons. The van der Waals surface area contributed by atoms with Gasteiger partial charge in [-0.3, -0.25) is 4.99 Å². The largest absolute Gasteiger partial charge is 0.396 e. The molecule has 70 valence electrons. The van der Waals surface area contributed by atoms with Crippen LogP contribution in [0.2, 0.25) is 0 Å². The molecule has 0 aliphatic carbocycles. The van der Waals surface area contributed by atoms with Gasteiger partial charge in [0, 0.05) is 22.8 Å². The Morgan fingerprint density at radius 1 is 1.54 bits per heavy atom. The maximum atomic E-state index is 13.1. The molecule has 0 aromatic heterocycles. The van der Waals surface area contributed by atoms with Crippen LogP contribution in [0.4, 0.5) is 10.1 Å². The molecule has 0 aliphatic heterocycles. The molecule has 0 saturated carbocycles. The number of rotatable bonds is 1. The topological polar surface area (TPSA) is 38.4 Å². The third-order valence-electron chi connectivity index (χ3n) is 1.82. The first kappa shape index (κ1) is 10.2. The zero-order valence-electron chi connectivity index (χ0n) is 7.44. The minimum atomic E-state index is -0.424. The first-order chi connectivity index (χ1) is 6.06. The van der Waals surface area contributed by atoms with E-state index in [2.05, 4.69) is 20.9 Å². The molecule has 1 aromatic carbocycles. The van der Waals surface area contributed by atoms with Crippen LogP contribution in [0.1, 0.15) is 12.5 Å². The van der Waals surface area contributed by atoms with E-state index >= 15 is 0 Å². The predicted octanol–water partition coefficient (Wildman–Crippen LogP) is 2.61. The predicted molar refractivity (Wildman–Crippen MR) is 56.6 cm³/mol. The highest BCUT2D eigenvalue weighted by Crippen LogP contribution is 2.22. The third-order valence-corrected chi connectivity index (χ3v) is 2.28. The summed E-state index contributed by atoms with van der Waals surface area (Å²) in [6, 6.07) is 3.09. The normalized spacial score (nSPS) is 11.8. The fourth-order valence-corrected chi connectivity index (χ4v) is 1.43. The van der Waals surface area contributed by atoms with Crippen molar-refractivity contribution in [3.05, 3.63) is 28.0 Å². The van der Waals surface area contributed by atoms with Crippen molar-refractivity contribution >= 4 is 27.3 Å². The van der Waals surface area contributed by atoms with Gasteiger partial charge in [-0.2, -0.15) is 0 Å². The van der Waals surface area contributed by atoms with E-state index in [1.165, 1.54) is 6.07 Å². The highest BCUT2D eigenvalue weighted by atomic mass is 79.9. The third kappa shape index (κ3) is 2.06. The molecule has 0 heterocycles. The van der Waals surface area contributed by atoms with Crippen LogP contribution in [0.25, 0.3) is 0 Å². The van der Waals surface area contributed by atoms with Crippen LogP contribution in [0.5, 0.6) is 0 Å². The first-order valence-corrected chi connectivity index (χ1v) is 4.54. The van der Waals surface area contributed by atoms with Gasteiger partial charge >= 0.3 is 0 Å². The van der Waals surface area contributed by atoms with Gasteiger partial charge in [0.15, 0.2) is 0 Å². The Kier molecular flexibility index (Phi) is 3.03. The fraction of sp³-hybridized carbons (Fsp3) is 0.222. The minimum absolute atomic E-state index is 0.145. The summed E-state index contributed by atoms with van der Waals surface area (Å²) in [5.41, 5.74) is 7.05. The highest BCUT2D eigenvalue weighted by Gasteiger charge is 2.08.